The first kappa shape index (κ1) is 13.3. The lowest BCUT2D eigenvalue weighted by Gasteiger charge is -2.37. The van der Waals surface area contributed by atoms with Gasteiger partial charge in [0, 0.05) is 38.9 Å². The van der Waals surface area contributed by atoms with Crippen molar-refractivity contribution in [1.29, 1.82) is 0 Å². The maximum atomic E-state index is 4.56. The van der Waals surface area contributed by atoms with Crippen LogP contribution in [0.3, 0.4) is 0 Å². The van der Waals surface area contributed by atoms with Gasteiger partial charge in [-0.3, -0.25) is 4.90 Å². The third-order valence-corrected chi connectivity index (χ3v) is 5.56. The average Bonchev–Trinajstić information content (AvgIpc) is 3.11. The highest BCUT2D eigenvalue weighted by Gasteiger charge is 2.36. The number of hydrogen-bond donors (Lipinski definition) is 0. The van der Waals surface area contributed by atoms with E-state index < -0.39 is 0 Å². The Morgan fingerprint density at radius 1 is 1.14 bits per heavy atom. The van der Waals surface area contributed by atoms with Gasteiger partial charge in [0.2, 0.25) is 0 Å². The van der Waals surface area contributed by atoms with Gasteiger partial charge < -0.3 is 4.90 Å². The molecule has 2 fully saturated rings. The number of piperazine rings is 1. The summed E-state index contributed by atoms with van der Waals surface area (Å²) in [5.74, 6) is 3.88. The predicted octanol–water partition coefficient (Wildman–Crippen LogP) is 2.72. The van der Waals surface area contributed by atoms with Crippen molar-refractivity contribution in [3.8, 4) is 0 Å². The second-order valence-electron chi connectivity index (χ2n) is 6.97. The van der Waals surface area contributed by atoms with Gasteiger partial charge in [0.1, 0.15) is 5.82 Å². The Bertz CT molecular complexity index is 531. The Labute approximate surface area is 127 Å². The lowest BCUT2D eigenvalue weighted by atomic mass is 9.93. The van der Waals surface area contributed by atoms with E-state index in [9.17, 15) is 0 Å². The van der Waals surface area contributed by atoms with Crippen LogP contribution < -0.4 is 4.90 Å². The van der Waals surface area contributed by atoms with Crippen LogP contribution in [0.15, 0.2) is 30.5 Å². The fourth-order valence-corrected chi connectivity index (χ4v) is 4.39. The maximum Gasteiger partial charge on any atom is 0.131 e. The molecule has 0 aromatic carbocycles. The van der Waals surface area contributed by atoms with Gasteiger partial charge in [0.25, 0.3) is 0 Å². The first-order valence-electron chi connectivity index (χ1n) is 8.37. The van der Waals surface area contributed by atoms with Gasteiger partial charge in [0.15, 0.2) is 0 Å². The Hall–Kier alpha value is -1.35. The van der Waals surface area contributed by atoms with Gasteiger partial charge in [-0.1, -0.05) is 18.2 Å². The molecular weight excluding hydrogens is 258 g/mol. The van der Waals surface area contributed by atoms with Crippen molar-refractivity contribution in [2.24, 2.45) is 17.8 Å². The van der Waals surface area contributed by atoms with Crippen molar-refractivity contribution >= 4 is 5.82 Å². The molecule has 4 rings (SSSR count). The zero-order valence-electron chi connectivity index (χ0n) is 12.9. The molecule has 2 aliphatic carbocycles. The molecule has 1 saturated heterocycles. The molecule has 2 heterocycles. The van der Waals surface area contributed by atoms with Crippen LogP contribution in [0.5, 0.6) is 0 Å². The summed E-state index contributed by atoms with van der Waals surface area (Å²) >= 11 is 0. The quantitative estimate of drug-likeness (QED) is 0.795. The molecule has 2 bridgehead atoms. The molecular formula is C18H25N3. The normalized spacial score (nSPS) is 32.0. The largest absolute Gasteiger partial charge is 0.354 e. The molecule has 1 saturated carbocycles. The fraction of sp³-hybridized carbons (Fsp3) is 0.611. The van der Waals surface area contributed by atoms with Crippen molar-refractivity contribution in [3.63, 3.8) is 0 Å². The van der Waals surface area contributed by atoms with Crippen molar-refractivity contribution < 1.29 is 0 Å². The SMILES string of the molecule is Cc1cccnc1N1CCN(CC2CC3C=CC2C3)CC1. The van der Waals surface area contributed by atoms with Crippen LogP contribution in [-0.4, -0.2) is 42.6 Å². The lowest BCUT2D eigenvalue weighted by Crippen LogP contribution is -2.48. The van der Waals surface area contributed by atoms with E-state index in [0.717, 1.165) is 30.8 Å². The van der Waals surface area contributed by atoms with E-state index in [-0.39, 0.29) is 0 Å². The highest BCUT2D eigenvalue weighted by Crippen LogP contribution is 2.43. The number of nitrogens with zero attached hydrogens (tertiary/aromatic N) is 3. The molecule has 21 heavy (non-hydrogen) atoms. The molecule has 3 unspecified atom stereocenters. The first-order valence-corrected chi connectivity index (χ1v) is 8.37. The number of anilines is 1. The molecule has 0 spiro atoms. The van der Waals surface area contributed by atoms with E-state index in [1.807, 2.05) is 12.3 Å². The fourth-order valence-electron chi connectivity index (χ4n) is 4.39. The van der Waals surface area contributed by atoms with Gasteiger partial charge in [0.05, 0.1) is 0 Å². The molecule has 3 aliphatic rings. The summed E-state index contributed by atoms with van der Waals surface area (Å²) in [7, 11) is 0. The molecule has 0 radical (unpaired) electrons. The van der Waals surface area contributed by atoms with E-state index in [1.165, 1.54) is 43.9 Å². The third kappa shape index (κ3) is 2.59. The summed E-state index contributed by atoms with van der Waals surface area (Å²) in [5.41, 5.74) is 1.30. The summed E-state index contributed by atoms with van der Waals surface area (Å²) in [5, 5.41) is 0. The minimum atomic E-state index is 0.881. The van der Waals surface area contributed by atoms with Crippen LogP contribution in [0.1, 0.15) is 18.4 Å². The number of hydrogen-bond acceptors (Lipinski definition) is 3. The van der Waals surface area contributed by atoms with Crippen molar-refractivity contribution in [2.75, 3.05) is 37.6 Å². The molecule has 1 aromatic heterocycles. The van der Waals surface area contributed by atoms with E-state index in [1.54, 1.807) is 0 Å². The van der Waals surface area contributed by atoms with Crippen LogP contribution in [-0.2, 0) is 0 Å². The number of allylic oxidation sites excluding steroid dienone is 2. The Morgan fingerprint density at radius 2 is 2.00 bits per heavy atom. The minimum absolute atomic E-state index is 0.881. The van der Waals surface area contributed by atoms with Gasteiger partial charge in [-0.15, -0.1) is 0 Å². The number of fused-ring (bicyclic) bond motifs is 2. The Balaban J connectivity index is 1.33. The van der Waals surface area contributed by atoms with Crippen molar-refractivity contribution in [1.82, 2.24) is 9.88 Å². The molecule has 0 amide bonds. The molecule has 3 heteroatoms. The number of aromatic nitrogens is 1. The zero-order valence-corrected chi connectivity index (χ0v) is 12.9. The van der Waals surface area contributed by atoms with E-state index in [0.29, 0.717) is 0 Å². The van der Waals surface area contributed by atoms with E-state index >= 15 is 0 Å². The van der Waals surface area contributed by atoms with Gasteiger partial charge >= 0.3 is 0 Å². The highest BCUT2D eigenvalue weighted by atomic mass is 15.3. The van der Waals surface area contributed by atoms with Crippen LogP contribution >= 0.6 is 0 Å². The summed E-state index contributed by atoms with van der Waals surface area (Å²) in [4.78, 5) is 9.69. The maximum absolute atomic E-state index is 4.56. The van der Waals surface area contributed by atoms with Crippen LogP contribution in [0.25, 0.3) is 0 Å². The second-order valence-corrected chi connectivity index (χ2v) is 6.97. The van der Waals surface area contributed by atoms with E-state index in [2.05, 4.69) is 39.9 Å². The second kappa shape index (κ2) is 5.45. The number of pyridine rings is 1. The van der Waals surface area contributed by atoms with Gasteiger partial charge in [-0.05, 0) is 49.1 Å². The van der Waals surface area contributed by atoms with Crippen LogP contribution in [0.2, 0.25) is 0 Å². The van der Waals surface area contributed by atoms with Crippen LogP contribution in [0.4, 0.5) is 5.82 Å². The van der Waals surface area contributed by atoms with E-state index in [4.69, 9.17) is 0 Å². The summed E-state index contributed by atoms with van der Waals surface area (Å²) in [6.07, 6.45) is 9.70. The Kier molecular flexibility index (Phi) is 3.46. The smallest absolute Gasteiger partial charge is 0.131 e. The van der Waals surface area contributed by atoms with Gasteiger partial charge in [-0.25, -0.2) is 4.98 Å². The molecule has 112 valence electrons. The predicted molar refractivity (Wildman–Crippen MR) is 86.5 cm³/mol. The molecule has 1 aliphatic heterocycles. The number of aryl methyl sites for hydroxylation is 1. The topological polar surface area (TPSA) is 19.4 Å². The molecule has 3 nitrogen and oxygen atoms in total. The summed E-state index contributed by atoms with van der Waals surface area (Å²) in [6, 6.07) is 4.19. The average molecular weight is 283 g/mol. The lowest BCUT2D eigenvalue weighted by molar-refractivity contribution is 0.204. The third-order valence-electron chi connectivity index (χ3n) is 5.56. The van der Waals surface area contributed by atoms with Crippen molar-refractivity contribution in [2.45, 2.75) is 19.8 Å². The van der Waals surface area contributed by atoms with Crippen LogP contribution in [0, 0.1) is 24.7 Å². The zero-order chi connectivity index (χ0) is 14.2. The summed E-state index contributed by atoms with van der Waals surface area (Å²) in [6.45, 7) is 8.08. The standard InChI is InChI=1S/C18H25N3/c1-14-3-2-6-19-18(14)21-9-7-20(8-10-21)13-17-12-15-4-5-16(17)11-15/h2-6,15-17H,7-13H2,1H3. The first-order chi connectivity index (χ1) is 10.3. The number of rotatable bonds is 3. The minimum Gasteiger partial charge on any atom is -0.354 e. The highest BCUT2D eigenvalue weighted by molar-refractivity contribution is 5.46. The monoisotopic (exact) mass is 283 g/mol. The molecule has 0 N–H and O–H groups in total. The summed E-state index contributed by atoms with van der Waals surface area (Å²) < 4.78 is 0. The molecule has 3 atom stereocenters. The Morgan fingerprint density at radius 3 is 2.67 bits per heavy atom. The molecule has 1 aromatic rings. The van der Waals surface area contributed by atoms with Gasteiger partial charge in [-0.2, -0.15) is 0 Å². The van der Waals surface area contributed by atoms with Crippen molar-refractivity contribution in [3.05, 3.63) is 36.0 Å².